The molecule has 0 atom stereocenters. The first-order valence-electron chi connectivity index (χ1n) is 11.0. The molecule has 3 aromatic rings. The monoisotopic (exact) mass is 465 g/mol. The van der Waals surface area contributed by atoms with Crippen molar-refractivity contribution in [3.8, 4) is 11.5 Å². The summed E-state index contributed by atoms with van der Waals surface area (Å²) in [5.74, 6) is 0.500. The Morgan fingerprint density at radius 2 is 1.85 bits per heavy atom. The Morgan fingerprint density at radius 1 is 1.03 bits per heavy atom. The van der Waals surface area contributed by atoms with Gasteiger partial charge >= 0.3 is 0 Å². The third kappa shape index (κ3) is 4.88. The molecular formula is C27H25ClFNO3. The van der Waals surface area contributed by atoms with Crippen molar-refractivity contribution in [3.05, 3.63) is 88.2 Å². The molecular weight excluding hydrogens is 441 g/mol. The fraction of sp³-hybridized carbons (Fsp3) is 0.222. The summed E-state index contributed by atoms with van der Waals surface area (Å²) < 4.78 is 25.2. The molecule has 0 aliphatic carbocycles. The highest BCUT2D eigenvalue weighted by Crippen LogP contribution is 2.41. The molecule has 4 rings (SSSR count). The molecule has 6 heteroatoms. The topological polar surface area (TPSA) is 38.8 Å². The third-order valence-corrected chi connectivity index (χ3v) is 5.60. The van der Waals surface area contributed by atoms with Crippen molar-refractivity contribution in [2.45, 2.75) is 26.9 Å². The molecule has 0 radical (unpaired) electrons. The summed E-state index contributed by atoms with van der Waals surface area (Å²) >= 11 is 6.56. The molecule has 0 saturated carbocycles. The first-order valence-corrected chi connectivity index (χ1v) is 11.4. The number of para-hydroxylation sites is 1. The molecule has 4 nitrogen and oxygen atoms in total. The van der Waals surface area contributed by atoms with E-state index in [9.17, 15) is 9.18 Å². The van der Waals surface area contributed by atoms with E-state index in [0.29, 0.717) is 40.8 Å². The van der Waals surface area contributed by atoms with Crippen LogP contribution in [0.5, 0.6) is 11.5 Å². The van der Waals surface area contributed by atoms with E-state index >= 15 is 0 Å². The Morgan fingerprint density at radius 3 is 2.61 bits per heavy atom. The van der Waals surface area contributed by atoms with Gasteiger partial charge in [0.15, 0.2) is 11.5 Å². The summed E-state index contributed by atoms with van der Waals surface area (Å²) in [4.78, 5) is 15.0. The van der Waals surface area contributed by atoms with Crippen molar-refractivity contribution < 1.29 is 18.7 Å². The van der Waals surface area contributed by atoms with Crippen LogP contribution >= 0.6 is 11.6 Å². The number of hydrogen-bond acceptors (Lipinski definition) is 3. The zero-order valence-corrected chi connectivity index (χ0v) is 19.4. The van der Waals surface area contributed by atoms with E-state index in [1.54, 1.807) is 18.2 Å². The average Bonchev–Trinajstić information content (AvgIpc) is 3.05. The van der Waals surface area contributed by atoms with Gasteiger partial charge in [-0.1, -0.05) is 48.9 Å². The molecule has 0 bridgehead atoms. The van der Waals surface area contributed by atoms with Gasteiger partial charge in [0.2, 0.25) is 0 Å². The molecule has 0 unspecified atom stereocenters. The quantitative estimate of drug-likeness (QED) is 0.345. The molecule has 0 fully saturated rings. The van der Waals surface area contributed by atoms with E-state index in [4.69, 9.17) is 21.1 Å². The summed E-state index contributed by atoms with van der Waals surface area (Å²) in [7, 11) is 0. The van der Waals surface area contributed by atoms with E-state index in [-0.39, 0.29) is 18.3 Å². The summed E-state index contributed by atoms with van der Waals surface area (Å²) in [6.07, 6.45) is 2.70. The van der Waals surface area contributed by atoms with Gasteiger partial charge in [-0.2, -0.15) is 0 Å². The average molecular weight is 466 g/mol. The Bertz CT molecular complexity index is 1210. The number of nitrogens with zero attached hydrogens (tertiary/aromatic N) is 1. The smallest absolute Gasteiger partial charge is 0.258 e. The van der Waals surface area contributed by atoms with Gasteiger partial charge in [0.05, 0.1) is 17.3 Å². The molecule has 1 heterocycles. The molecule has 1 amide bonds. The fourth-order valence-electron chi connectivity index (χ4n) is 3.92. The zero-order chi connectivity index (χ0) is 23.4. The van der Waals surface area contributed by atoms with E-state index in [1.165, 1.54) is 12.1 Å². The Labute approximate surface area is 198 Å². The molecule has 0 saturated heterocycles. The lowest BCUT2D eigenvalue weighted by atomic mass is 10.0. The van der Waals surface area contributed by atoms with Crippen molar-refractivity contribution >= 4 is 34.8 Å². The maximum atomic E-state index is 13.5. The Balaban J connectivity index is 1.68. The van der Waals surface area contributed by atoms with E-state index in [1.807, 2.05) is 55.2 Å². The minimum Gasteiger partial charge on any atom is -0.490 e. The van der Waals surface area contributed by atoms with Crippen LogP contribution in [0.4, 0.5) is 10.1 Å². The zero-order valence-electron chi connectivity index (χ0n) is 18.6. The summed E-state index contributed by atoms with van der Waals surface area (Å²) in [6, 6.07) is 17.5. The lowest BCUT2D eigenvalue weighted by Crippen LogP contribution is -2.26. The van der Waals surface area contributed by atoms with Crippen molar-refractivity contribution in [3.63, 3.8) is 0 Å². The highest BCUT2D eigenvalue weighted by atomic mass is 35.5. The summed E-state index contributed by atoms with van der Waals surface area (Å²) in [6.45, 7) is 5.14. The van der Waals surface area contributed by atoms with Crippen LogP contribution in [0.25, 0.3) is 11.6 Å². The lowest BCUT2D eigenvalue weighted by molar-refractivity contribution is -0.113. The molecule has 1 aliphatic rings. The SMILES string of the molecule is CCCN1C(=O)/C(=C\c2cc(Cl)c(OCc3cccc(F)c3)c(OCC)c2)c2ccccc21. The van der Waals surface area contributed by atoms with Crippen molar-refractivity contribution in [1.29, 1.82) is 0 Å². The van der Waals surface area contributed by atoms with Crippen LogP contribution in [0.2, 0.25) is 5.02 Å². The van der Waals surface area contributed by atoms with Gasteiger partial charge in [0.1, 0.15) is 12.4 Å². The molecule has 0 spiro atoms. The van der Waals surface area contributed by atoms with Crippen LogP contribution in [-0.4, -0.2) is 19.1 Å². The Hall–Kier alpha value is -3.31. The van der Waals surface area contributed by atoms with Crippen LogP contribution in [0, 0.1) is 5.82 Å². The van der Waals surface area contributed by atoms with Gasteiger partial charge in [-0.25, -0.2) is 4.39 Å². The second-order valence-corrected chi connectivity index (χ2v) is 8.12. The van der Waals surface area contributed by atoms with Gasteiger partial charge in [0.25, 0.3) is 5.91 Å². The number of ether oxygens (including phenoxy) is 2. The minimum atomic E-state index is -0.326. The summed E-state index contributed by atoms with van der Waals surface area (Å²) in [5.41, 5.74) is 3.85. The van der Waals surface area contributed by atoms with Gasteiger partial charge in [-0.3, -0.25) is 4.79 Å². The van der Waals surface area contributed by atoms with Gasteiger partial charge in [-0.05, 0) is 60.9 Å². The number of rotatable bonds is 8. The van der Waals surface area contributed by atoms with Crippen molar-refractivity contribution in [2.75, 3.05) is 18.1 Å². The van der Waals surface area contributed by atoms with Gasteiger partial charge < -0.3 is 14.4 Å². The number of halogens is 2. The number of anilines is 1. The largest absolute Gasteiger partial charge is 0.490 e. The van der Waals surface area contributed by atoms with Crippen molar-refractivity contribution in [2.24, 2.45) is 0 Å². The minimum absolute atomic E-state index is 0.0291. The standard InChI is InChI=1S/C27H25ClFNO3/c1-3-12-30-24-11-6-5-10-21(24)22(27(30)31)14-19-15-23(28)26(25(16-19)32-4-2)33-17-18-8-7-9-20(29)13-18/h5-11,13-16H,3-4,12,17H2,1-2H3/b22-14-. The Kier molecular flexibility index (Phi) is 6.99. The highest BCUT2D eigenvalue weighted by Gasteiger charge is 2.31. The number of carbonyl (C=O) groups is 1. The second kappa shape index (κ2) is 10.1. The van der Waals surface area contributed by atoms with Crippen LogP contribution < -0.4 is 14.4 Å². The number of hydrogen-bond donors (Lipinski definition) is 0. The lowest BCUT2D eigenvalue weighted by Gasteiger charge is -2.15. The normalized spacial score (nSPS) is 14.0. The molecule has 1 aliphatic heterocycles. The molecule has 33 heavy (non-hydrogen) atoms. The maximum absolute atomic E-state index is 13.5. The number of fused-ring (bicyclic) bond motifs is 1. The first kappa shape index (κ1) is 22.9. The molecule has 170 valence electrons. The second-order valence-electron chi connectivity index (χ2n) is 7.71. The predicted molar refractivity (Wildman–Crippen MR) is 130 cm³/mol. The van der Waals surface area contributed by atoms with Gasteiger partial charge in [0, 0.05) is 17.7 Å². The number of benzene rings is 3. The molecule has 3 aromatic carbocycles. The van der Waals surface area contributed by atoms with Crippen LogP contribution in [0.15, 0.2) is 60.7 Å². The molecule has 0 aromatic heterocycles. The van der Waals surface area contributed by atoms with Crippen LogP contribution in [-0.2, 0) is 11.4 Å². The van der Waals surface area contributed by atoms with Crippen LogP contribution in [0.1, 0.15) is 37.0 Å². The van der Waals surface area contributed by atoms with E-state index in [2.05, 4.69) is 0 Å². The van der Waals surface area contributed by atoms with E-state index < -0.39 is 0 Å². The van der Waals surface area contributed by atoms with Crippen molar-refractivity contribution in [1.82, 2.24) is 0 Å². The van der Waals surface area contributed by atoms with E-state index in [0.717, 1.165) is 23.2 Å². The third-order valence-electron chi connectivity index (χ3n) is 5.32. The number of amides is 1. The fourth-order valence-corrected chi connectivity index (χ4v) is 4.19. The highest BCUT2D eigenvalue weighted by molar-refractivity contribution is 6.36. The maximum Gasteiger partial charge on any atom is 0.258 e. The number of carbonyl (C=O) groups excluding carboxylic acids is 1. The van der Waals surface area contributed by atoms with Gasteiger partial charge in [-0.15, -0.1) is 0 Å². The first-order chi connectivity index (χ1) is 16.0. The predicted octanol–water partition coefficient (Wildman–Crippen LogP) is 6.75. The molecule has 0 N–H and O–H groups in total. The van der Waals surface area contributed by atoms with Crippen LogP contribution in [0.3, 0.4) is 0 Å². The summed E-state index contributed by atoms with van der Waals surface area (Å²) in [5, 5.41) is 0.355.